The topological polar surface area (TPSA) is 95.7 Å². The van der Waals surface area contributed by atoms with E-state index in [2.05, 4.69) is 31.1 Å². The van der Waals surface area contributed by atoms with E-state index in [1.807, 2.05) is 66.9 Å². The summed E-state index contributed by atoms with van der Waals surface area (Å²) in [6.45, 7) is 6.30. The van der Waals surface area contributed by atoms with Gasteiger partial charge in [-0.15, -0.1) is 34.2 Å². The van der Waals surface area contributed by atoms with E-state index in [0.29, 0.717) is 31.2 Å². The van der Waals surface area contributed by atoms with Gasteiger partial charge in [0.05, 0.1) is 13.1 Å². The lowest BCUT2D eigenvalue weighted by Crippen LogP contribution is -2.37. The molecule has 29 heavy (non-hydrogen) atoms. The molecule has 0 unspecified atom stereocenters. The second-order valence-corrected chi connectivity index (χ2v) is 6.15. The first kappa shape index (κ1) is 22.6. The molecule has 1 amide bonds. The molecule has 9 heteroatoms. The number of carbonyl (C=O) groups is 1. The molecule has 2 heterocycles. The van der Waals surface area contributed by atoms with Crippen LogP contribution in [-0.4, -0.2) is 39.6 Å². The number of nitrogens with one attached hydrogen (secondary N) is 3. The molecule has 0 aliphatic carbocycles. The maximum absolute atomic E-state index is 11.8. The van der Waals surface area contributed by atoms with Gasteiger partial charge in [0.1, 0.15) is 0 Å². The van der Waals surface area contributed by atoms with Crippen LogP contribution < -0.4 is 16.0 Å². The molecule has 3 rings (SSSR count). The zero-order valence-electron chi connectivity index (χ0n) is 16.6. The summed E-state index contributed by atoms with van der Waals surface area (Å²) in [5, 5.41) is 17.7. The van der Waals surface area contributed by atoms with E-state index in [4.69, 9.17) is 0 Å². The fraction of sp³-hybridized carbons (Fsp3) is 0.300. The number of fused-ring (bicyclic) bond motifs is 1. The Morgan fingerprint density at radius 2 is 1.76 bits per heavy atom. The standard InChI is InChI=1S/C20H25N7O.HI/c1-3-21-19(28)16-10-8-15(9-11-16)13-23-20(22-4-2)24-14-18-26-25-17-7-5-6-12-27(17)18;/h5-12H,3-4,13-14H2,1-2H3,(H,21,28)(H2,22,23,24);1H. The maximum atomic E-state index is 11.8. The van der Waals surface area contributed by atoms with Crippen molar-refractivity contribution in [1.29, 1.82) is 0 Å². The van der Waals surface area contributed by atoms with E-state index in [-0.39, 0.29) is 29.9 Å². The summed E-state index contributed by atoms with van der Waals surface area (Å²) in [6, 6.07) is 13.3. The van der Waals surface area contributed by atoms with Crippen molar-refractivity contribution in [3.63, 3.8) is 0 Å². The van der Waals surface area contributed by atoms with Gasteiger partial charge >= 0.3 is 0 Å². The molecular formula is C20H26IN7O. The van der Waals surface area contributed by atoms with Crippen molar-refractivity contribution in [3.05, 3.63) is 65.6 Å². The highest BCUT2D eigenvalue weighted by Crippen LogP contribution is 2.06. The summed E-state index contributed by atoms with van der Waals surface area (Å²) in [7, 11) is 0. The van der Waals surface area contributed by atoms with E-state index in [1.165, 1.54) is 0 Å². The van der Waals surface area contributed by atoms with Crippen LogP contribution in [0.5, 0.6) is 0 Å². The molecule has 8 nitrogen and oxygen atoms in total. The highest BCUT2D eigenvalue weighted by molar-refractivity contribution is 14.0. The Morgan fingerprint density at radius 1 is 1.00 bits per heavy atom. The molecular weight excluding hydrogens is 481 g/mol. The minimum atomic E-state index is -0.0620. The molecule has 0 atom stereocenters. The van der Waals surface area contributed by atoms with Crippen molar-refractivity contribution in [2.45, 2.75) is 26.9 Å². The van der Waals surface area contributed by atoms with Gasteiger partial charge in [-0.2, -0.15) is 0 Å². The van der Waals surface area contributed by atoms with Gasteiger partial charge < -0.3 is 16.0 Å². The first-order valence-corrected chi connectivity index (χ1v) is 9.39. The van der Waals surface area contributed by atoms with Gasteiger partial charge in [0.2, 0.25) is 0 Å². The normalized spacial score (nSPS) is 11.0. The number of aliphatic imine (C=N–C) groups is 1. The highest BCUT2D eigenvalue weighted by atomic mass is 127. The summed E-state index contributed by atoms with van der Waals surface area (Å²) in [6.07, 6.45) is 1.94. The number of rotatable bonds is 7. The largest absolute Gasteiger partial charge is 0.357 e. The molecule has 0 aliphatic rings. The van der Waals surface area contributed by atoms with Crippen LogP contribution in [0.3, 0.4) is 0 Å². The first-order valence-electron chi connectivity index (χ1n) is 9.39. The summed E-state index contributed by atoms with van der Waals surface area (Å²) in [5.74, 6) is 1.45. The fourth-order valence-corrected chi connectivity index (χ4v) is 2.71. The molecule has 0 bridgehead atoms. The Hall–Kier alpha value is -2.69. The molecule has 1 aromatic carbocycles. The predicted octanol–water partition coefficient (Wildman–Crippen LogP) is 2.35. The third kappa shape index (κ3) is 6.14. The van der Waals surface area contributed by atoms with E-state index in [0.717, 1.165) is 23.6 Å². The number of carbonyl (C=O) groups excluding carboxylic acids is 1. The molecule has 0 spiro atoms. The van der Waals surface area contributed by atoms with Gasteiger partial charge in [0, 0.05) is 24.8 Å². The van der Waals surface area contributed by atoms with Gasteiger partial charge in [0.15, 0.2) is 17.4 Å². The number of hydrogen-bond acceptors (Lipinski definition) is 4. The monoisotopic (exact) mass is 507 g/mol. The number of amides is 1. The summed E-state index contributed by atoms with van der Waals surface area (Å²) < 4.78 is 1.94. The van der Waals surface area contributed by atoms with Gasteiger partial charge in [-0.25, -0.2) is 4.99 Å². The van der Waals surface area contributed by atoms with Crippen molar-refractivity contribution in [2.24, 2.45) is 4.99 Å². The molecule has 3 aromatic rings. The third-order valence-corrected chi connectivity index (χ3v) is 4.12. The van der Waals surface area contributed by atoms with Gasteiger partial charge in [-0.1, -0.05) is 18.2 Å². The quantitative estimate of drug-likeness (QED) is 0.259. The lowest BCUT2D eigenvalue weighted by Gasteiger charge is -2.10. The third-order valence-electron chi connectivity index (χ3n) is 4.12. The van der Waals surface area contributed by atoms with Crippen LogP contribution in [0.25, 0.3) is 5.65 Å². The van der Waals surface area contributed by atoms with Crippen LogP contribution in [0.4, 0.5) is 0 Å². The zero-order valence-corrected chi connectivity index (χ0v) is 18.9. The van der Waals surface area contributed by atoms with Crippen molar-refractivity contribution >= 4 is 41.5 Å². The summed E-state index contributed by atoms with van der Waals surface area (Å²) in [4.78, 5) is 16.4. The Morgan fingerprint density at radius 3 is 2.48 bits per heavy atom. The van der Waals surface area contributed by atoms with Crippen LogP contribution in [-0.2, 0) is 13.1 Å². The number of halogens is 1. The van der Waals surface area contributed by atoms with Crippen LogP contribution in [0.15, 0.2) is 53.7 Å². The number of hydrogen-bond donors (Lipinski definition) is 3. The van der Waals surface area contributed by atoms with Gasteiger partial charge in [-0.3, -0.25) is 9.20 Å². The molecule has 154 valence electrons. The summed E-state index contributed by atoms with van der Waals surface area (Å²) in [5.41, 5.74) is 2.49. The van der Waals surface area contributed by atoms with Crippen molar-refractivity contribution in [3.8, 4) is 0 Å². The van der Waals surface area contributed by atoms with Gasteiger partial charge in [-0.05, 0) is 43.7 Å². The number of aromatic nitrogens is 3. The molecule has 0 saturated carbocycles. The number of guanidine groups is 1. The van der Waals surface area contributed by atoms with E-state index in [9.17, 15) is 4.79 Å². The minimum Gasteiger partial charge on any atom is -0.357 e. The van der Waals surface area contributed by atoms with Crippen molar-refractivity contribution in [2.75, 3.05) is 13.1 Å². The average molecular weight is 507 g/mol. The number of benzene rings is 1. The molecule has 0 radical (unpaired) electrons. The zero-order chi connectivity index (χ0) is 19.8. The number of pyridine rings is 1. The minimum absolute atomic E-state index is 0. The second kappa shape index (κ2) is 11.3. The number of nitrogens with zero attached hydrogens (tertiary/aromatic N) is 4. The lowest BCUT2D eigenvalue weighted by molar-refractivity contribution is 0.0956. The van der Waals surface area contributed by atoms with Crippen molar-refractivity contribution in [1.82, 2.24) is 30.5 Å². The Labute approximate surface area is 187 Å². The SMILES string of the molecule is CCNC(=O)c1ccc(CN=C(NCC)NCc2nnc3ccccn23)cc1.I. The molecule has 0 fully saturated rings. The van der Waals surface area contributed by atoms with E-state index >= 15 is 0 Å². The average Bonchev–Trinajstić information content (AvgIpc) is 3.14. The van der Waals surface area contributed by atoms with E-state index in [1.54, 1.807) is 0 Å². The molecule has 2 aromatic heterocycles. The lowest BCUT2D eigenvalue weighted by atomic mass is 10.1. The maximum Gasteiger partial charge on any atom is 0.251 e. The second-order valence-electron chi connectivity index (χ2n) is 6.15. The van der Waals surface area contributed by atoms with Crippen molar-refractivity contribution < 1.29 is 4.79 Å². The van der Waals surface area contributed by atoms with Gasteiger partial charge in [0.25, 0.3) is 5.91 Å². The van der Waals surface area contributed by atoms with Crippen LogP contribution in [0.1, 0.15) is 35.6 Å². The molecule has 0 aliphatic heterocycles. The van der Waals surface area contributed by atoms with E-state index < -0.39 is 0 Å². The van der Waals surface area contributed by atoms with Crippen LogP contribution in [0, 0.1) is 0 Å². The molecule has 3 N–H and O–H groups in total. The fourth-order valence-electron chi connectivity index (χ4n) is 2.71. The Balaban J connectivity index is 0.00000300. The smallest absolute Gasteiger partial charge is 0.251 e. The highest BCUT2D eigenvalue weighted by Gasteiger charge is 2.06. The Kier molecular flexibility index (Phi) is 8.84. The summed E-state index contributed by atoms with van der Waals surface area (Å²) >= 11 is 0. The Bertz CT molecular complexity index is 953. The van der Waals surface area contributed by atoms with Crippen LogP contribution in [0.2, 0.25) is 0 Å². The molecule has 0 saturated heterocycles. The first-order chi connectivity index (χ1) is 13.7. The van der Waals surface area contributed by atoms with Crippen LogP contribution >= 0.6 is 24.0 Å². The predicted molar refractivity (Wildman–Crippen MR) is 125 cm³/mol.